The molecule has 7 heteroatoms. The molecule has 0 atom stereocenters. The first-order chi connectivity index (χ1) is 14.6. The third-order valence-corrected chi connectivity index (χ3v) is 6.08. The number of nitrogens with zero attached hydrogens (tertiary/aromatic N) is 4. The van der Waals surface area contributed by atoms with E-state index in [0.717, 1.165) is 29.9 Å². The molecule has 7 nitrogen and oxygen atoms in total. The summed E-state index contributed by atoms with van der Waals surface area (Å²) >= 11 is 0. The number of hydrogen-bond acceptors (Lipinski definition) is 4. The highest BCUT2D eigenvalue weighted by atomic mass is 16.2. The molecule has 1 aliphatic rings. The van der Waals surface area contributed by atoms with Gasteiger partial charge in [0.05, 0.1) is 17.2 Å². The summed E-state index contributed by atoms with van der Waals surface area (Å²) in [6.45, 7) is 0. The van der Waals surface area contributed by atoms with Gasteiger partial charge in [-0.2, -0.15) is 0 Å². The summed E-state index contributed by atoms with van der Waals surface area (Å²) in [5.41, 5.74) is 3.19. The van der Waals surface area contributed by atoms with Crippen LogP contribution in [0, 0.1) is 0 Å². The number of rotatable bonds is 3. The van der Waals surface area contributed by atoms with Crippen molar-refractivity contribution >= 4 is 28.1 Å². The van der Waals surface area contributed by atoms with E-state index in [4.69, 9.17) is 0 Å². The van der Waals surface area contributed by atoms with Crippen molar-refractivity contribution in [3.63, 3.8) is 0 Å². The largest absolute Gasteiger partial charge is 0.319 e. The van der Waals surface area contributed by atoms with Crippen LogP contribution in [-0.4, -0.2) is 32.3 Å². The number of fused-ring (bicyclic) bond motifs is 3. The van der Waals surface area contributed by atoms with Gasteiger partial charge in [-0.05, 0) is 43.2 Å². The molecular formula is C23H23N5O2. The summed E-state index contributed by atoms with van der Waals surface area (Å²) in [4.78, 5) is 38.9. The molecule has 3 heterocycles. The zero-order valence-corrected chi connectivity index (χ0v) is 16.8. The number of amides is 1. The highest BCUT2D eigenvalue weighted by Gasteiger charge is 2.23. The molecule has 0 unspecified atom stereocenters. The van der Waals surface area contributed by atoms with Crippen molar-refractivity contribution in [3.8, 4) is 0 Å². The van der Waals surface area contributed by atoms with E-state index >= 15 is 0 Å². The Balaban J connectivity index is 1.65. The highest BCUT2D eigenvalue weighted by Crippen LogP contribution is 2.33. The van der Waals surface area contributed by atoms with Gasteiger partial charge in [0.15, 0.2) is 0 Å². The first kappa shape index (κ1) is 18.5. The Labute approximate surface area is 173 Å². The highest BCUT2D eigenvalue weighted by molar-refractivity contribution is 6.07. The molecule has 5 rings (SSSR count). The van der Waals surface area contributed by atoms with Crippen LogP contribution in [-0.2, 0) is 0 Å². The number of imidazole rings is 1. The second kappa shape index (κ2) is 7.40. The van der Waals surface area contributed by atoms with Crippen LogP contribution in [0.5, 0.6) is 0 Å². The standard InChI is InChI=1S/C23H23N5O2/c1-27(17-9-11-24-12-10-17)23(30)16-7-8-18-19(13-16)28-20(22(29)26-18)14-25-21(28)15-5-3-2-4-6-15/h7-15H,2-6H2,1H3,(H,26,29). The summed E-state index contributed by atoms with van der Waals surface area (Å²) in [6.07, 6.45) is 10.8. The number of benzene rings is 1. The molecule has 1 amide bonds. The van der Waals surface area contributed by atoms with Gasteiger partial charge in [0.1, 0.15) is 11.3 Å². The van der Waals surface area contributed by atoms with Crippen LogP contribution in [0.2, 0.25) is 0 Å². The zero-order valence-electron chi connectivity index (χ0n) is 16.8. The summed E-state index contributed by atoms with van der Waals surface area (Å²) in [6, 6.07) is 9.00. The van der Waals surface area contributed by atoms with E-state index in [9.17, 15) is 9.59 Å². The predicted molar refractivity (Wildman–Crippen MR) is 116 cm³/mol. The first-order valence-corrected chi connectivity index (χ1v) is 10.3. The van der Waals surface area contributed by atoms with Gasteiger partial charge in [-0.3, -0.25) is 19.0 Å². The van der Waals surface area contributed by atoms with Crippen LogP contribution < -0.4 is 10.5 Å². The Morgan fingerprint density at radius 1 is 1.10 bits per heavy atom. The maximum atomic E-state index is 13.1. The van der Waals surface area contributed by atoms with Gasteiger partial charge >= 0.3 is 0 Å². The second-order valence-electron chi connectivity index (χ2n) is 7.93. The van der Waals surface area contributed by atoms with E-state index in [1.165, 1.54) is 19.3 Å². The van der Waals surface area contributed by atoms with Gasteiger partial charge in [-0.1, -0.05) is 19.3 Å². The fourth-order valence-electron chi connectivity index (χ4n) is 4.45. The van der Waals surface area contributed by atoms with E-state index in [2.05, 4.69) is 15.0 Å². The topological polar surface area (TPSA) is 83.4 Å². The first-order valence-electron chi connectivity index (χ1n) is 10.3. The Kier molecular flexibility index (Phi) is 4.58. The molecule has 1 aromatic carbocycles. The van der Waals surface area contributed by atoms with Crippen LogP contribution in [0.3, 0.4) is 0 Å². The van der Waals surface area contributed by atoms with Crippen molar-refractivity contribution in [2.75, 3.05) is 11.9 Å². The lowest BCUT2D eigenvalue weighted by Gasteiger charge is -2.21. The van der Waals surface area contributed by atoms with Crippen molar-refractivity contribution in [2.45, 2.75) is 38.0 Å². The normalized spacial score (nSPS) is 15.0. The molecule has 3 aromatic heterocycles. The number of carbonyl (C=O) groups is 1. The van der Waals surface area contributed by atoms with E-state index in [0.29, 0.717) is 22.5 Å². The lowest BCUT2D eigenvalue weighted by Crippen LogP contribution is -2.26. The molecule has 0 aliphatic heterocycles. The van der Waals surface area contributed by atoms with Crippen LogP contribution in [0.15, 0.2) is 53.7 Å². The molecule has 0 radical (unpaired) electrons. The number of nitrogens with one attached hydrogen (secondary N) is 1. The lowest BCUT2D eigenvalue weighted by atomic mass is 9.88. The number of pyridine rings is 1. The Morgan fingerprint density at radius 2 is 1.87 bits per heavy atom. The van der Waals surface area contributed by atoms with Crippen molar-refractivity contribution in [1.29, 1.82) is 0 Å². The molecule has 152 valence electrons. The minimum absolute atomic E-state index is 0.123. The van der Waals surface area contributed by atoms with Gasteiger partial charge in [0.25, 0.3) is 11.5 Å². The maximum absolute atomic E-state index is 13.1. The molecule has 1 aliphatic carbocycles. The van der Waals surface area contributed by atoms with E-state index in [1.807, 2.05) is 10.5 Å². The molecule has 0 bridgehead atoms. The van der Waals surface area contributed by atoms with Gasteiger partial charge in [-0.25, -0.2) is 4.98 Å². The van der Waals surface area contributed by atoms with Crippen LogP contribution in [0.1, 0.15) is 54.2 Å². The Bertz CT molecular complexity index is 1290. The number of hydrogen-bond donors (Lipinski definition) is 1. The van der Waals surface area contributed by atoms with Crippen molar-refractivity contribution < 1.29 is 4.79 Å². The van der Waals surface area contributed by atoms with E-state index < -0.39 is 0 Å². The van der Waals surface area contributed by atoms with E-state index in [-0.39, 0.29) is 11.5 Å². The Hall–Kier alpha value is -3.48. The van der Waals surface area contributed by atoms with Crippen LogP contribution >= 0.6 is 0 Å². The van der Waals surface area contributed by atoms with Crippen molar-refractivity contribution in [3.05, 3.63) is 70.7 Å². The van der Waals surface area contributed by atoms with Gasteiger partial charge in [0, 0.05) is 36.6 Å². The monoisotopic (exact) mass is 401 g/mol. The third kappa shape index (κ3) is 3.07. The van der Waals surface area contributed by atoms with Crippen LogP contribution in [0.25, 0.3) is 16.6 Å². The molecule has 30 heavy (non-hydrogen) atoms. The number of anilines is 1. The minimum atomic E-state index is -0.162. The molecule has 0 spiro atoms. The average molecular weight is 401 g/mol. The summed E-state index contributed by atoms with van der Waals surface area (Å²) in [5, 5.41) is 0. The summed E-state index contributed by atoms with van der Waals surface area (Å²) in [7, 11) is 1.75. The molecule has 1 saturated carbocycles. The van der Waals surface area contributed by atoms with Gasteiger partial charge in [-0.15, -0.1) is 0 Å². The van der Waals surface area contributed by atoms with Crippen LogP contribution in [0.4, 0.5) is 5.69 Å². The summed E-state index contributed by atoms with van der Waals surface area (Å²) in [5.74, 6) is 1.14. The second-order valence-corrected chi connectivity index (χ2v) is 7.93. The lowest BCUT2D eigenvalue weighted by molar-refractivity contribution is 0.0993. The molecular weight excluding hydrogens is 378 g/mol. The predicted octanol–water partition coefficient (Wildman–Crippen LogP) is 3.90. The molecule has 0 saturated heterocycles. The maximum Gasteiger partial charge on any atom is 0.274 e. The van der Waals surface area contributed by atoms with E-state index in [1.54, 1.807) is 54.8 Å². The quantitative estimate of drug-likeness (QED) is 0.564. The van der Waals surface area contributed by atoms with Gasteiger partial charge in [0.2, 0.25) is 0 Å². The number of aromatic nitrogens is 4. The average Bonchev–Trinajstić information content (AvgIpc) is 3.25. The number of carbonyl (C=O) groups excluding carboxylic acids is 1. The SMILES string of the molecule is CN(C(=O)c1ccc2[nH]c(=O)c3cnc(C4CCCCC4)n3c2c1)c1ccncc1. The number of aromatic amines is 1. The van der Waals surface area contributed by atoms with Gasteiger partial charge < -0.3 is 9.88 Å². The fourth-order valence-corrected chi connectivity index (χ4v) is 4.45. The fraction of sp³-hybridized carbons (Fsp3) is 0.304. The van der Waals surface area contributed by atoms with Crippen molar-refractivity contribution in [1.82, 2.24) is 19.4 Å². The smallest absolute Gasteiger partial charge is 0.274 e. The molecule has 1 fully saturated rings. The minimum Gasteiger partial charge on any atom is -0.319 e. The Morgan fingerprint density at radius 3 is 2.63 bits per heavy atom. The summed E-state index contributed by atoms with van der Waals surface area (Å²) < 4.78 is 1.95. The zero-order chi connectivity index (χ0) is 20.7. The third-order valence-electron chi connectivity index (χ3n) is 6.08. The van der Waals surface area contributed by atoms with Crippen molar-refractivity contribution in [2.24, 2.45) is 0 Å². The number of H-pyrrole nitrogens is 1. The molecule has 4 aromatic rings. The molecule has 1 N–H and O–H groups in total.